The largest absolute Gasteiger partial charge is 0.479 e. The van der Waals surface area contributed by atoms with Gasteiger partial charge in [-0.1, -0.05) is 13.5 Å². The Morgan fingerprint density at radius 1 is 0.967 bits per heavy atom. The van der Waals surface area contributed by atoms with Crippen molar-refractivity contribution in [2.75, 3.05) is 41.3 Å². The summed E-state index contributed by atoms with van der Waals surface area (Å²) in [5.41, 5.74) is -0.628. The lowest BCUT2D eigenvalue weighted by Gasteiger charge is -2.26. The van der Waals surface area contributed by atoms with Crippen molar-refractivity contribution < 1.29 is 33.8 Å². The van der Waals surface area contributed by atoms with Crippen molar-refractivity contribution in [3.05, 3.63) is 12.2 Å². The number of carbonyl (C=O) groups excluding carboxylic acids is 3. The van der Waals surface area contributed by atoms with E-state index in [0.717, 1.165) is 0 Å². The Morgan fingerprint density at radius 3 is 1.90 bits per heavy atom. The van der Waals surface area contributed by atoms with Gasteiger partial charge in [-0.05, 0) is 39.7 Å². The number of aliphatic carboxylic acids is 1. The van der Waals surface area contributed by atoms with E-state index in [4.69, 9.17) is 9.47 Å². The van der Waals surface area contributed by atoms with E-state index in [9.17, 15) is 24.3 Å². The van der Waals surface area contributed by atoms with Crippen molar-refractivity contribution >= 4 is 24.1 Å². The molecule has 0 spiro atoms. The van der Waals surface area contributed by atoms with Crippen LogP contribution in [-0.2, 0) is 19.1 Å². The Bertz CT molecular complexity index is 612. The molecule has 30 heavy (non-hydrogen) atoms. The van der Waals surface area contributed by atoms with Crippen LogP contribution in [0.25, 0.3) is 0 Å². The standard InChI is InChI=1S/C19H33N3O7.CH4/c1-19(2,3)29-18(27)22(7)13-12-21(6)17(26)28-14(16(24)25)10-8-9-11-15(23)20(4)5;/h9,11,14H,8,10,12-13H2,1-7H3,(H,24,25);1H4/b11-9+;/t14-;/m0./s1. The van der Waals surface area contributed by atoms with Crippen LogP contribution in [0.2, 0.25) is 0 Å². The maximum absolute atomic E-state index is 12.1. The molecule has 10 heteroatoms. The quantitative estimate of drug-likeness (QED) is 0.557. The first-order valence-electron chi connectivity index (χ1n) is 9.21. The van der Waals surface area contributed by atoms with E-state index in [1.165, 1.54) is 40.9 Å². The highest BCUT2D eigenvalue weighted by molar-refractivity contribution is 5.87. The molecule has 0 aliphatic heterocycles. The van der Waals surface area contributed by atoms with Gasteiger partial charge in [0.15, 0.2) is 0 Å². The number of hydrogen-bond acceptors (Lipinski definition) is 6. The maximum Gasteiger partial charge on any atom is 0.410 e. The summed E-state index contributed by atoms with van der Waals surface area (Å²) in [6.07, 6.45) is 0.474. The zero-order chi connectivity index (χ0) is 22.8. The molecular formula is C20H37N3O7. The molecular weight excluding hydrogens is 394 g/mol. The molecule has 0 saturated carbocycles. The Balaban J connectivity index is 0. The Morgan fingerprint density at radius 2 is 1.47 bits per heavy atom. The second kappa shape index (κ2) is 13.4. The molecule has 0 aromatic carbocycles. The number of hydrogen-bond donors (Lipinski definition) is 1. The summed E-state index contributed by atoms with van der Waals surface area (Å²) in [7, 11) is 6.18. The number of carbonyl (C=O) groups is 4. The van der Waals surface area contributed by atoms with Crippen molar-refractivity contribution in [3.63, 3.8) is 0 Å². The minimum absolute atomic E-state index is 0. The lowest BCUT2D eigenvalue weighted by molar-refractivity contribution is -0.147. The molecule has 0 aromatic heterocycles. The summed E-state index contributed by atoms with van der Waals surface area (Å²) in [4.78, 5) is 50.7. The highest BCUT2D eigenvalue weighted by Crippen LogP contribution is 2.10. The van der Waals surface area contributed by atoms with Gasteiger partial charge in [0, 0.05) is 41.3 Å². The molecule has 0 saturated heterocycles. The molecule has 0 unspecified atom stereocenters. The topological polar surface area (TPSA) is 117 Å². The van der Waals surface area contributed by atoms with Gasteiger partial charge in [-0.2, -0.15) is 0 Å². The van der Waals surface area contributed by atoms with E-state index in [1.54, 1.807) is 34.9 Å². The zero-order valence-corrected chi connectivity index (χ0v) is 18.3. The van der Waals surface area contributed by atoms with Gasteiger partial charge in [-0.15, -0.1) is 0 Å². The molecule has 0 bridgehead atoms. The van der Waals surface area contributed by atoms with Gasteiger partial charge < -0.3 is 29.3 Å². The van der Waals surface area contributed by atoms with Gasteiger partial charge in [-0.25, -0.2) is 14.4 Å². The highest BCUT2D eigenvalue weighted by atomic mass is 16.6. The van der Waals surface area contributed by atoms with E-state index in [2.05, 4.69) is 0 Å². The average molecular weight is 432 g/mol. The number of carboxylic acid groups (broad SMARTS) is 1. The molecule has 0 heterocycles. The Kier molecular flexibility index (Phi) is 13.2. The van der Waals surface area contributed by atoms with Crippen LogP contribution < -0.4 is 0 Å². The molecule has 10 nitrogen and oxygen atoms in total. The van der Waals surface area contributed by atoms with Crippen LogP contribution in [0.3, 0.4) is 0 Å². The van der Waals surface area contributed by atoms with E-state index in [0.29, 0.717) is 0 Å². The van der Waals surface area contributed by atoms with Crippen molar-refractivity contribution in [2.24, 2.45) is 0 Å². The molecule has 3 amide bonds. The van der Waals surface area contributed by atoms with Gasteiger partial charge in [0.25, 0.3) is 0 Å². The lowest BCUT2D eigenvalue weighted by atomic mass is 10.2. The number of carboxylic acids is 1. The summed E-state index contributed by atoms with van der Waals surface area (Å²) in [6.45, 7) is 5.57. The van der Waals surface area contributed by atoms with Crippen LogP contribution in [0, 0.1) is 0 Å². The number of nitrogens with zero attached hydrogens (tertiary/aromatic N) is 3. The normalized spacial score (nSPS) is 11.8. The van der Waals surface area contributed by atoms with Crippen LogP contribution >= 0.6 is 0 Å². The zero-order valence-electron chi connectivity index (χ0n) is 18.3. The summed E-state index contributed by atoms with van der Waals surface area (Å²) < 4.78 is 10.2. The average Bonchev–Trinajstić information content (AvgIpc) is 2.59. The summed E-state index contributed by atoms with van der Waals surface area (Å²) in [5, 5.41) is 9.24. The SMILES string of the molecule is C.CN(C)C(=O)/C=C/CC[C@H](OC(=O)N(C)CCN(C)C(=O)OC(C)(C)C)C(=O)O. The highest BCUT2D eigenvalue weighted by Gasteiger charge is 2.24. The molecule has 0 fully saturated rings. The first kappa shape index (κ1) is 29.4. The number of amides is 3. The van der Waals surface area contributed by atoms with Crippen LogP contribution in [0.15, 0.2) is 12.2 Å². The second-order valence-electron chi connectivity index (χ2n) is 7.75. The predicted molar refractivity (Wildman–Crippen MR) is 113 cm³/mol. The minimum Gasteiger partial charge on any atom is -0.479 e. The van der Waals surface area contributed by atoms with E-state index in [-0.39, 0.29) is 39.3 Å². The fraction of sp³-hybridized carbons (Fsp3) is 0.700. The molecule has 1 N–H and O–H groups in total. The van der Waals surface area contributed by atoms with Gasteiger partial charge in [0.2, 0.25) is 12.0 Å². The van der Waals surface area contributed by atoms with Gasteiger partial charge in [0.05, 0.1) is 0 Å². The Hall–Kier alpha value is -2.78. The lowest BCUT2D eigenvalue weighted by Crippen LogP contribution is -2.41. The summed E-state index contributed by atoms with van der Waals surface area (Å²) >= 11 is 0. The molecule has 0 radical (unpaired) electrons. The van der Waals surface area contributed by atoms with Crippen molar-refractivity contribution in [1.29, 1.82) is 0 Å². The molecule has 0 rings (SSSR count). The number of allylic oxidation sites excluding steroid dienone is 1. The first-order chi connectivity index (χ1) is 13.2. The molecule has 1 atom stereocenters. The van der Waals surface area contributed by atoms with Crippen LogP contribution in [0.4, 0.5) is 9.59 Å². The first-order valence-corrected chi connectivity index (χ1v) is 9.21. The number of likely N-dealkylation sites (N-methyl/N-ethyl adjacent to an activating group) is 3. The number of rotatable bonds is 9. The summed E-state index contributed by atoms with van der Waals surface area (Å²) in [5.74, 6) is -1.49. The summed E-state index contributed by atoms with van der Waals surface area (Å²) in [6, 6.07) is 0. The van der Waals surface area contributed by atoms with Crippen molar-refractivity contribution in [3.8, 4) is 0 Å². The monoisotopic (exact) mass is 431 g/mol. The third-order valence-corrected chi connectivity index (χ3v) is 3.60. The smallest absolute Gasteiger partial charge is 0.410 e. The third-order valence-electron chi connectivity index (χ3n) is 3.60. The fourth-order valence-corrected chi connectivity index (χ4v) is 1.85. The maximum atomic E-state index is 12.1. The van der Waals surface area contributed by atoms with Gasteiger partial charge in [0.1, 0.15) is 5.60 Å². The number of ether oxygens (including phenoxy) is 2. The second-order valence-corrected chi connectivity index (χ2v) is 7.75. The van der Waals surface area contributed by atoms with Crippen molar-refractivity contribution in [1.82, 2.24) is 14.7 Å². The molecule has 0 aliphatic carbocycles. The fourth-order valence-electron chi connectivity index (χ4n) is 1.85. The Labute approximate surface area is 179 Å². The van der Waals surface area contributed by atoms with Crippen LogP contribution in [0.1, 0.15) is 41.0 Å². The molecule has 0 aromatic rings. The molecule has 0 aliphatic rings. The third kappa shape index (κ3) is 12.6. The van der Waals surface area contributed by atoms with E-state index in [1.807, 2.05) is 0 Å². The molecule has 174 valence electrons. The van der Waals surface area contributed by atoms with Gasteiger partial charge >= 0.3 is 18.2 Å². The van der Waals surface area contributed by atoms with E-state index >= 15 is 0 Å². The van der Waals surface area contributed by atoms with Crippen molar-refractivity contribution in [2.45, 2.75) is 52.7 Å². The van der Waals surface area contributed by atoms with Crippen LogP contribution in [-0.4, -0.2) is 96.9 Å². The predicted octanol–water partition coefficient (Wildman–Crippen LogP) is 2.44. The van der Waals surface area contributed by atoms with Gasteiger partial charge in [-0.3, -0.25) is 4.79 Å². The van der Waals surface area contributed by atoms with E-state index < -0.39 is 29.9 Å². The minimum atomic E-state index is -1.34. The van der Waals surface area contributed by atoms with Crippen LogP contribution in [0.5, 0.6) is 0 Å².